The van der Waals surface area contributed by atoms with Crippen LogP contribution in [-0.2, 0) is 0 Å². The van der Waals surface area contributed by atoms with E-state index in [4.69, 9.17) is 4.74 Å². The van der Waals surface area contributed by atoms with Gasteiger partial charge in [0, 0.05) is 24.8 Å². The maximum absolute atomic E-state index is 12.1. The van der Waals surface area contributed by atoms with Crippen LogP contribution in [0.5, 0.6) is 5.75 Å². The van der Waals surface area contributed by atoms with Crippen molar-refractivity contribution in [3.05, 3.63) is 23.8 Å². The molecule has 0 amide bonds. The van der Waals surface area contributed by atoms with Crippen LogP contribution in [0.1, 0.15) is 31.1 Å². The van der Waals surface area contributed by atoms with E-state index < -0.39 is 0 Å². The molecule has 3 nitrogen and oxygen atoms in total. The summed E-state index contributed by atoms with van der Waals surface area (Å²) in [6.45, 7) is 8.18. The molecule has 1 rings (SSSR count). The zero-order valence-electron chi connectivity index (χ0n) is 12.2. The van der Waals surface area contributed by atoms with Crippen LogP contribution in [0.3, 0.4) is 0 Å². The lowest BCUT2D eigenvalue weighted by atomic mass is 10.1. The predicted molar refractivity (Wildman–Crippen MR) is 83.9 cm³/mol. The molecule has 0 bridgehead atoms. The Balaban J connectivity index is 2.99. The number of anilines is 1. The van der Waals surface area contributed by atoms with Crippen LogP contribution < -0.4 is 9.64 Å². The Kier molecular flexibility index (Phi) is 6.78. The second-order valence-electron chi connectivity index (χ2n) is 4.12. The smallest absolute Gasteiger partial charge is 0.176 e. The van der Waals surface area contributed by atoms with Crippen LogP contribution in [0.15, 0.2) is 18.2 Å². The van der Waals surface area contributed by atoms with Gasteiger partial charge in [0.25, 0.3) is 0 Å². The Hall–Kier alpha value is -1.16. The predicted octanol–water partition coefficient (Wildman–Crippen LogP) is 3.48. The number of ketones is 1. The third-order valence-electron chi connectivity index (χ3n) is 3.05. The number of rotatable bonds is 8. The van der Waals surface area contributed by atoms with Crippen molar-refractivity contribution in [2.45, 2.75) is 20.8 Å². The first kappa shape index (κ1) is 15.9. The first-order chi connectivity index (χ1) is 9.17. The van der Waals surface area contributed by atoms with Crippen LogP contribution in [0.4, 0.5) is 5.69 Å². The van der Waals surface area contributed by atoms with E-state index in [1.807, 2.05) is 18.2 Å². The Morgan fingerprint density at radius 2 is 1.95 bits per heavy atom. The molecule has 0 aliphatic heterocycles. The number of carbonyl (C=O) groups is 1. The Labute approximate surface area is 120 Å². The summed E-state index contributed by atoms with van der Waals surface area (Å²) in [5, 5.41) is 0. The van der Waals surface area contributed by atoms with E-state index in [0.29, 0.717) is 17.1 Å². The molecular formula is C15H23NO2S. The summed E-state index contributed by atoms with van der Waals surface area (Å²) in [5.41, 5.74) is 1.78. The summed E-state index contributed by atoms with van der Waals surface area (Å²) >= 11 is 1.63. The normalized spacial score (nSPS) is 10.3. The van der Waals surface area contributed by atoms with Gasteiger partial charge < -0.3 is 9.64 Å². The summed E-state index contributed by atoms with van der Waals surface area (Å²) in [6.07, 6.45) is 0. The molecule has 1 aromatic carbocycles. The van der Waals surface area contributed by atoms with Crippen LogP contribution in [0, 0.1) is 0 Å². The van der Waals surface area contributed by atoms with Crippen LogP contribution in [0.2, 0.25) is 0 Å². The molecule has 0 N–H and O–H groups in total. The molecular weight excluding hydrogens is 258 g/mol. The standard InChI is InChI=1S/C15H23NO2S/c1-5-16(6-2)12-8-9-13(15(10-12)18-4)14(17)11-19-7-3/h8-10H,5-7,11H2,1-4H3. The average molecular weight is 281 g/mol. The molecule has 106 valence electrons. The lowest BCUT2D eigenvalue weighted by molar-refractivity contribution is 0.101. The van der Waals surface area contributed by atoms with Crippen LogP contribution in [-0.4, -0.2) is 37.5 Å². The molecule has 19 heavy (non-hydrogen) atoms. The van der Waals surface area contributed by atoms with E-state index in [9.17, 15) is 4.79 Å². The molecule has 0 radical (unpaired) electrons. The highest BCUT2D eigenvalue weighted by atomic mass is 32.2. The molecule has 0 aliphatic rings. The maximum Gasteiger partial charge on any atom is 0.176 e. The number of nitrogens with zero attached hydrogens (tertiary/aromatic N) is 1. The molecule has 4 heteroatoms. The van der Waals surface area contributed by atoms with E-state index in [0.717, 1.165) is 24.5 Å². The van der Waals surface area contributed by atoms with Crippen molar-refractivity contribution in [2.24, 2.45) is 0 Å². The van der Waals surface area contributed by atoms with Crippen LogP contribution in [0.25, 0.3) is 0 Å². The number of hydrogen-bond donors (Lipinski definition) is 0. The van der Waals surface area contributed by atoms with Crippen molar-refractivity contribution < 1.29 is 9.53 Å². The lowest BCUT2D eigenvalue weighted by Gasteiger charge is -2.22. The maximum atomic E-state index is 12.1. The molecule has 0 heterocycles. The van der Waals surface area contributed by atoms with Crippen molar-refractivity contribution in [1.29, 1.82) is 0 Å². The van der Waals surface area contributed by atoms with Gasteiger partial charge in [-0.15, -0.1) is 0 Å². The van der Waals surface area contributed by atoms with E-state index in [1.165, 1.54) is 0 Å². The van der Waals surface area contributed by atoms with E-state index >= 15 is 0 Å². The number of hydrogen-bond acceptors (Lipinski definition) is 4. The first-order valence-corrected chi connectivity index (χ1v) is 7.87. The minimum Gasteiger partial charge on any atom is -0.496 e. The third-order valence-corrected chi connectivity index (χ3v) is 3.93. The fraction of sp³-hybridized carbons (Fsp3) is 0.533. The van der Waals surface area contributed by atoms with Gasteiger partial charge in [-0.25, -0.2) is 0 Å². The fourth-order valence-corrected chi connectivity index (χ4v) is 2.51. The molecule has 1 aromatic rings. The van der Waals surface area contributed by atoms with Gasteiger partial charge in [-0.3, -0.25) is 4.79 Å². The van der Waals surface area contributed by atoms with Crippen LogP contribution >= 0.6 is 11.8 Å². The first-order valence-electron chi connectivity index (χ1n) is 6.71. The van der Waals surface area contributed by atoms with Gasteiger partial charge in [0.2, 0.25) is 0 Å². The summed E-state index contributed by atoms with van der Waals surface area (Å²) in [7, 11) is 1.62. The zero-order valence-corrected chi connectivity index (χ0v) is 13.0. The number of Topliss-reactive ketones (excluding diaryl/α,β-unsaturated/α-hetero) is 1. The third kappa shape index (κ3) is 4.16. The number of methoxy groups -OCH3 is 1. The van der Waals surface area contributed by atoms with E-state index in [2.05, 4.69) is 25.7 Å². The van der Waals surface area contributed by atoms with E-state index in [1.54, 1.807) is 18.9 Å². The van der Waals surface area contributed by atoms with Crippen molar-refractivity contribution in [3.8, 4) is 5.75 Å². The SMILES string of the molecule is CCSCC(=O)c1ccc(N(CC)CC)cc1OC. The highest BCUT2D eigenvalue weighted by Gasteiger charge is 2.14. The molecule has 0 unspecified atom stereocenters. The van der Waals surface area contributed by atoms with Crippen molar-refractivity contribution in [3.63, 3.8) is 0 Å². The summed E-state index contributed by atoms with van der Waals surface area (Å²) in [4.78, 5) is 14.3. The highest BCUT2D eigenvalue weighted by Crippen LogP contribution is 2.26. The summed E-state index contributed by atoms with van der Waals surface area (Å²) in [6, 6.07) is 5.83. The number of thioether (sulfide) groups is 1. The average Bonchev–Trinajstić information content (AvgIpc) is 2.45. The summed E-state index contributed by atoms with van der Waals surface area (Å²) < 4.78 is 5.37. The quantitative estimate of drug-likeness (QED) is 0.682. The van der Waals surface area contributed by atoms with Gasteiger partial charge in [0.05, 0.1) is 18.4 Å². The van der Waals surface area contributed by atoms with Gasteiger partial charge in [0.15, 0.2) is 5.78 Å². The minimum absolute atomic E-state index is 0.134. The topological polar surface area (TPSA) is 29.5 Å². The van der Waals surface area contributed by atoms with Gasteiger partial charge in [-0.2, -0.15) is 11.8 Å². The van der Waals surface area contributed by atoms with E-state index in [-0.39, 0.29) is 5.78 Å². The molecule has 0 aliphatic carbocycles. The summed E-state index contributed by atoms with van der Waals surface area (Å²) in [5.74, 6) is 2.27. The molecule has 0 spiro atoms. The minimum atomic E-state index is 0.134. The van der Waals surface area contributed by atoms with Gasteiger partial charge >= 0.3 is 0 Å². The molecule has 0 aromatic heterocycles. The van der Waals surface area contributed by atoms with Crippen molar-refractivity contribution in [1.82, 2.24) is 0 Å². The van der Waals surface area contributed by atoms with Gasteiger partial charge in [-0.05, 0) is 31.7 Å². The molecule has 0 saturated carbocycles. The van der Waals surface area contributed by atoms with Gasteiger partial charge in [0.1, 0.15) is 5.75 Å². The van der Waals surface area contributed by atoms with Gasteiger partial charge in [-0.1, -0.05) is 6.92 Å². The van der Waals surface area contributed by atoms with Crippen molar-refractivity contribution in [2.75, 3.05) is 36.6 Å². The number of carbonyl (C=O) groups excluding carboxylic acids is 1. The Morgan fingerprint density at radius 3 is 2.47 bits per heavy atom. The molecule has 0 atom stereocenters. The Bertz CT molecular complexity index is 417. The number of benzene rings is 1. The fourth-order valence-electron chi connectivity index (χ4n) is 1.97. The second kappa shape index (κ2) is 8.10. The monoisotopic (exact) mass is 281 g/mol. The molecule has 0 saturated heterocycles. The zero-order chi connectivity index (χ0) is 14.3. The highest BCUT2D eigenvalue weighted by molar-refractivity contribution is 7.99. The second-order valence-corrected chi connectivity index (χ2v) is 5.39. The Morgan fingerprint density at radius 1 is 1.26 bits per heavy atom. The molecule has 0 fully saturated rings. The number of ether oxygens (including phenoxy) is 1. The lowest BCUT2D eigenvalue weighted by Crippen LogP contribution is -2.22. The largest absolute Gasteiger partial charge is 0.496 e. The van der Waals surface area contributed by atoms with Crippen molar-refractivity contribution >= 4 is 23.2 Å².